The van der Waals surface area contributed by atoms with Crippen molar-refractivity contribution in [2.75, 3.05) is 24.9 Å². The van der Waals surface area contributed by atoms with Crippen LogP contribution in [0.3, 0.4) is 0 Å². The zero-order valence-electron chi connectivity index (χ0n) is 17.0. The number of rotatable bonds is 8. The Bertz CT molecular complexity index is 1080. The number of benzene rings is 2. The van der Waals surface area contributed by atoms with Gasteiger partial charge in [0.2, 0.25) is 17.1 Å². The summed E-state index contributed by atoms with van der Waals surface area (Å²) < 4.78 is 11.2. The highest BCUT2D eigenvalue weighted by Crippen LogP contribution is 2.30. The van der Waals surface area contributed by atoms with Crippen molar-refractivity contribution in [3.8, 4) is 11.5 Å². The summed E-state index contributed by atoms with van der Waals surface area (Å²) in [5.74, 6) is 2.34. The van der Waals surface area contributed by atoms with Gasteiger partial charge >= 0.3 is 0 Å². The zero-order valence-corrected chi connectivity index (χ0v) is 18.6. The highest BCUT2D eigenvalue weighted by Gasteiger charge is 2.12. The molecule has 9 nitrogen and oxygen atoms in total. The lowest BCUT2D eigenvalue weighted by atomic mass is 10.3. The van der Waals surface area contributed by atoms with Gasteiger partial charge in [0.05, 0.1) is 14.2 Å². The fourth-order valence-corrected chi connectivity index (χ4v) is 4.19. The highest BCUT2D eigenvalue weighted by molar-refractivity contribution is 8.00. The Hall–Kier alpha value is -3.44. The van der Waals surface area contributed by atoms with Gasteiger partial charge in [0.15, 0.2) is 4.34 Å². The number of aryl methyl sites for hydroxylation is 1. The maximum absolute atomic E-state index is 5.21. The van der Waals surface area contributed by atoms with Crippen molar-refractivity contribution in [1.82, 2.24) is 25.1 Å². The Morgan fingerprint density at radius 1 is 0.742 bits per heavy atom. The standard InChI is InChI=1S/C20H19N7O2S2/c1-12-26-27-20(30-12)31-19-24-17(21-13-4-8-15(28-2)9-5-13)23-18(25-19)22-14-6-10-16(29-3)11-7-14/h4-11H,1-3H3,(H2,21,22,23,24,25). The van der Waals surface area contributed by atoms with Crippen molar-refractivity contribution < 1.29 is 9.47 Å². The number of ether oxygens (including phenoxy) is 2. The molecule has 2 aromatic carbocycles. The molecule has 0 amide bonds. The first-order valence-corrected chi connectivity index (χ1v) is 10.8. The van der Waals surface area contributed by atoms with Gasteiger partial charge < -0.3 is 20.1 Å². The second kappa shape index (κ2) is 9.58. The van der Waals surface area contributed by atoms with Gasteiger partial charge in [-0.25, -0.2) is 0 Å². The molecule has 31 heavy (non-hydrogen) atoms. The molecule has 2 N–H and O–H groups in total. The van der Waals surface area contributed by atoms with E-state index in [1.807, 2.05) is 55.5 Å². The van der Waals surface area contributed by atoms with Crippen LogP contribution < -0.4 is 20.1 Å². The van der Waals surface area contributed by atoms with Crippen LogP contribution in [0.2, 0.25) is 0 Å². The fraction of sp³-hybridized carbons (Fsp3) is 0.150. The first-order chi connectivity index (χ1) is 15.1. The molecule has 0 fully saturated rings. The molecule has 4 aromatic rings. The van der Waals surface area contributed by atoms with E-state index in [1.165, 1.54) is 23.1 Å². The Balaban J connectivity index is 1.61. The lowest BCUT2D eigenvalue weighted by Crippen LogP contribution is -2.05. The van der Waals surface area contributed by atoms with E-state index in [1.54, 1.807) is 14.2 Å². The van der Waals surface area contributed by atoms with Crippen molar-refractivity contribution >= 4 is 46.4 Å². The monoisotopic (exact) mass is 453 g/mol. The summed E-state index contributed by atoms with van der Waals surface area (Å²) in [6, 6.07) is 15.0. The molecule has 0 aliphatic heterocycles. The Morgan fingerprint density at radius 2 is 1.26 bits per heavy atom. The van der Waals surface area contributed by atoms with E-state index in [-0.39, 0.29) is 0 Å². The smallest absolute Gasteiger partial charge is 0.233 e. The normalized spacial score (nSPS) is 10.5. The summed E-state index contributed by atoms with van der Waals surface area (Å²) in [6.07, 6.45) is 0. The third-order valence-electron chi connectivity index (χ3n) is 3.99. The predicted molar refractivity (Wildman–Crippen MR) is 121 cm³/mol. The van der Waals surface area contributed by atoms with Crippen molar-refractivity contribution in [1.29, 1.82) is 0 Å². The molecule has 0 bridgehead atoms. The van der Waals surface area contributed by atoms with Crippen molar-refractivity contribution in [2.24, 2.45) is 0 Å². The molecular weight excluding hydrogens is 434 g/mol. The van der Waals surface area contributed by atoms with E-state index in [4.69, 9.17) is 9.47 Å². The van der Waals surface area contributed by atoms with Gasteiger partial charge in [-0.1, -0.05) is 11.3 Å². The molecule has 11 heteroatoms. The summed E-state index contributed by atoms with van der Waals surface area (Å²) in [6.45, 7) is 1.91. The third-order valence-corrected chi connectivity index (χ3v) is 5.75. The highest BCUT2D eigenvalue weighted by atomic mass is 32.2. The van der Waals surface area contributed by atoms with Gasteiger partial charge in [-0.05, 0) is 67.2 Å². The minimum absolute atomic E-state index is 0.403. The quantitative estimate of drug-likeness (QED) is 0.390. The van der Waals surface area contributed by atoms with Crippen LogP contribution in [0.15, 0.2) is 58.0 Å². The largest absolute Gasteiger partial charge is 0.497 e. The average Bonchev–Trinajstić information content (AvgIpc) is 3.19. The molecular formula is C20H19N7O2S2. The van der Waals surface area contributed by atoms with Crippen LogP contribution in [-0.2, 0) is 0 Å². The number of nitrogens with zero attached hydrogens (tertiary/aromatic N) is 5. The van der Waals surface area contributed by atoms with E-state index >= 15 is 0 Å². The predicted octanol–water partition coefficient (Wildman–Crippen LogP) is 4.69. The molecule has 0 atom stereocenters. The molecule has 0 aliphatic carbocycles. The van der Waals surface area contributed by atoms with Crippen LogP contribution in [0.25, 0.3) is 0 Å². The van der Waals surface area contributed by atoms with Crippen molar-refractivity contribution in [2.45, 2.75) is 16.4 Å². The minimum atomic E-state index is 0.403. The SMILES string of the molecule is COc1ccc(Nc2nc(Nc3ccc(OC)cc3)nc(Sc3nnc(C)s3)n2)cc1. The molecule has 0 saturated carbocycles. The summed E-state index contributed by atoms with van der Waals surface area (Å²) in [7, 11) is 3.26. The van der Waals surface area contributed by atoms with E-state index in [2.05, 4.69) is 35.8 Å². The van der Waals surface area contributed by atoms with E-state index in [0.717, 1.165) is 32.2 Å². The molecule has 158 valence electrons. The fourth-order valence-electron chi connectivity index (χ4n) is 2.52. The van der Waals surface area contributed by atoms with E-state index in [0.29, 0.717) is 17.1 Å². The van der Waals surface area contributed by atoms with Gasteiger partial charge in [-0.2, -0.15) is 15.0 Å². The molecule has 0 saturated heterocycles. The third kappa shape index (κ3) is 5.58. The van der Waals surface area contributed by atoms with Crippen molar-refractivity contribution in [3.63, 3.8) is 0 Å². The number of methoxy groups -OCH3 is 2. The maximum atomic E-state index is 5.21. The van der Waals surface area contributed by atoms with E-state index < -0.39 is 0 Å². The Kier molecular flexibility index (Phi) is 6.43. The van der Waals surface area contributed by atoms with Crippen LogP contribution in [0.5, 0.6) is 11.5 Å². The summed E-state index contributed by atoms with van der Waals surface area (Å²) in [4.78, 5) is 13.5. The molecule has 0 unspecified atom stereocenters. The Morgan fingerprint density at radius 3 is 1.68 bits per heavy atom. The summed E-state index contributed by atoms with van der Waals surface area (Å²) >= 11 is 2.81. The van der Waals surface area contributed by atoms with Crippen LogP contribution in [0, 0.1) is 6.92 Å². The zero-order chi connectivity index (χ0) is 21.6. The number of aromatic nitrogens is 5. The number of nitrogens with one attached hydrogen (secondary N) is 2. The average molecular weight is 454 g/mol. The van der Waals surface area contributed by atoms with Crippen LogP contribution in [0.4, 0.5) is 23.3 Å². The Labute approximate surface area is 187 Å². The lowest BCUT2D eigenvalue weighted by molar-refractivity contribution is 0.415. The van der Waals surface area contributed by atoms with Crippen molar-refractivity contribution in [3.05, 3.63) is 53.5 Å². The molecule has 0 spiro atoms. The molecule has 0 aliphatic rings. The van der Waals surface area contributed by atoms with E-state index in [9.17, 15) is 0 Å². The summed E-state index contributed by atoms with van der Waals surface area (Å²) in [5.41, 5.74) is 1.65. The second-order valence-electron chi connectivity index (χ2n) is 6.16. The van der Waals surface area contributed by atoms with Gasteiger partial charge in [0.1, 0.15) is 16.5 Å². The number of hydrogen-bond acceptors (Lipinski definition) is 11. The summed E-state index contributed by atoms with van der Waals surface area (Å²) in [5, 5.41) is 16.0. The van der Waals surface area contributed by atoms with Gasteiger partial charge in [-0.15, -0.1) is 10.2 Å². The van der Waals surface area contributed by atoms with Crippen LogP contribution >= 0.6 is 23.1 Å². The van der Waals surface area contributed by atoms with Gasteiger partial charge in [0.25, 0.3) is 0 Å². The molecule has 0 radical (unpaired) electrons. The lowest BCUT2D eigenvalue weighted by Gasteiger charge is -2.10. The van der Waals surface area contributed by atoms with Gasteiger partial charge in [0, 0.05) is 11.4 Å². The first-order valence-electron chi connectivity index (χ1n) is 9.17. The van der Waals surface area contributed by atoms with Crippen LogP contribution in [0.1, 0.15) is 5.01 Å². The second-order valence-corrected chi connectivity index (χ2v) is 8.56. The number of anilines is 4. The van der Waals surface area contributed by atoms with Gasteiger partial charge in [-0.3, -0.25) is 0 Å². The first kappa shape index (κ1) is 20.8. The maximum Gasteiger partial charge on any atom is 0.233 e. The molecule has 2 aromatic heterocycles. The molecule has 2 heterocycles. The topological polar surface area (TPSA) is 107 Å². The number of hydrogen-bond donors (Lipinski definition) is 2. The van der Waals surface area contributed by atoms with Crippen LogP contribution in [-0.4, -0.2) is 39.4 Å². The molecule has 4 rings (SSSR count). The minimum Gasteiger partial charge on any atom is -0.497 e.